The Morgan fingerprint density at radius 1 is 1.08 bits per heavy atom. The van der Waals surface area contributed by atoms with Crippen molar-refractivity contribution >= 4 is 0 Å². The summed E-state index contributed by atoms with van der Waals surface area (Å²) in [5.74, 6) is 0.940. The monoisotopic (exact) mass is 165 g/mol. The van der Waals surface area contributed by atoms with Gasteiger partial charge in [-0.05, 0) is 31.7 Å². The maximum atomic E-state index is 3.60. The highest BCUT2D eigenvalue weighted by molar-refractivity contribution is 5.01. The molecular weight excluding hydrogens is 146 g/mol. The predicted octanol–water partition coefficient (Wildman–Crippen LogP) is 2.48. The maximum Gasteiger partial charge on any atom is 0.0278 e. The summed E-state index contributed by atoms with van der Waals surface area (Å²) in [6, 6.07) is 0.707. The Bertz CT molecular complexity index is 156. The van der Waals surface area contributed by atoms with Crippen LogP contribution in [0.3, 0.4) is 0 Å². The number of hydrogen-bond donors (Lipinski definition) is 1. The summed E-state index contributed by atoms with van der Waals surface area (Å²) in [5.41, 5.74) is 0. The van der Waals surface area contributed by atoms with Crippen molar-refractivity contribution in [3.8, 4) is 0 Å². The van der Waals surface area contributed by atoms with Gasteiger partial charge in [-0.15, -0.1) is 0 Å². The smallest absolute Gasteiger partial charge is 0.0278 e. The first-order chi connectivity index (χ1) is 5.97. The van der Waals surface area contributed by atoms with Crippen molar-refractivity contribution in [3.63, 3.8) is 0 Å². The maximum absolute atomic E-state index is 3.60. The third-order valence-electron chi connectivity index (χ3n) is 3.19. The summed E-state index contributed by atoms with van der Waals surface area (Å²) in [6.45, 7) is 1.19. The van der Waals surface area contributed by atoms with Crippen LogP contribution in [0.4, 0.5) is 0 Å². The van der Waals surface area contributed by atoms with Crippen LogP contribution in [0, 0.1) is 5.92 Å². The molecule has 2 rings (SSSR count). The van der Waals surface area contributed by atoms with Crippen LogP contribution in [0.5, 0.6) is 0 Å². The zero-order valence-electron chi connectivity index (χ0n) is 7.76. The molecule has 0 unspecified atom stereocenters. The average molecular weight is 165 g/mol. The second-order valence-electron chi connectivity index (χ2n) is 4.09. The van der Waals surface area contributed by atoms with Crippen molar-refractivity contribution in [2.24, 2.45) is 5.92 Å². The van der Waals surface area contributed by atoms with Crippen LogP contribution in [0.2, 0.25) is 0 Å². The molecule has 12 heavy (non-hydrogen) atoms. The van der Waals surface area contributed by atoms with Gasteiger partial charge in [0.15, 0.2) is 0 Å². The van der Waals surface area contributed by atoms with Gasteiger partial charge < -0.3 is 5.32 Å². The lowest BCUT2D eigenvalue weighted by Gasteiger charge is -2.30. The van der Waals surface area contributed by atoms with Gasteiger partial charge >= 0.3 is 0 Å². The van der Waals surface area contributed by atoms with E-state index in [2.05, 4.69) is 17.5 Å². The standard InChI is InChI=1S/C11H19N/c1-2-6-10(7-3-1)11-8-4-5-9-12-11/h4,8,10-12H,1-3,5-7,9H2/t11-/m0/s1. The highest BCUT2D eigenvalue weighted by atomic mass is 14.9. The molecule has 2 aliphatic rings. The first-order valence-electron chi connectivity index (χ1n) is 5.37. The Morgan fingerprint density at radius 3 is 2.58 bits per heavy atom. The fourth-order valence-electron chi connectivity index (χ4n) is 2.46. The van der Waals surface area contributed by atoms with Crippen LogP contribution in [0.25, 0.3) is 0 Å². The van der Waals surface area contributed by atoms with Crippen molar-refractivity contribution in [1.29, 1.82) is 0 Å². The predicted molar refractivity (Wildman–Crippen MR) is 52.1 cm³/mol. The van der Waals surface area contributed by atoms with E-state index >= 15 is 0 Å². The molecule has 0 radical (unpaired) electrons. The molecule has 0 aromatic carbocycles. The molecule has 0 amide bonds. The van der Waals surface area contributed by atoms with Gasteiger partial charge in [-0.2, -0.15) is 0 Å². The molecule has 1 saturated carbocycles. The molecule has 68 valence electrons. The van der Waals surface area contributed by atoms with Crippen LogP contribution in [0.1, 0.15) is 38.5 Å². The molecule has 1 fully saturated rings. The van der Waals surface area contributed by atoms with E-state index in [1.54, 1.807) is 0 Å². The van der Waals surface area contributed by atoms with E-state index in [4.69, 9.17) is 0 Å². The van der Waals surface area contributed by atoms with Crippen LogP contribution < -0.4 is 5.32 Å². The Morgan fingerprint density at radius 2 is 1.92 bits per heavy atom. The number of hydrogen-bond acceptors (Lipinski definition) is 1. The summed E-state index contributed by atoms with van der Waals surface area (Å²) in [7, 11) is 0. The van der Waals surface area contributed by atoms with Crippen molar-refractivity contribution in [2.45, 2.75) is 44.6 Å². The first-order valence-corrected chi connectivity index (χ1v) is 5.37. The van der Waals surface area contributed by atoms with E-state index in [0.29, 0.717) is 6.04 Å². The summed E-state index contributed by atoms with van der Waals surface area (Å²) >= 11 is 0. The van der Waals surface area contributed by atoms with Crippen LogP contribution in [-0.2, 0) is 0 Å². The van der Waals surface area contributed by atoms with Crippen molar-refractivity contribution < 1.29 is 0 Å². The molecule has 0 saturated heterocycles. The normalized spacial score (nSPS) is 32.2. The second-order valence-corrected chi connectivity index (χ2v) is 4.09. The zero-order valence-corrected chi connectivity index (χ0v) is 7.76. The molecule has 1 aliphatic heterocycles. The lowest BCUT2D eigenvalue weighted by molar-refractivity contribution is 0.297. The van der Waals surface area contributed by atoms with Crippen LogP contribution in [0.15, 0.2) is 12.2 Å². The van der Waals surface area contributed by atoms with Gasteiger partial charge in [0.2, 0.25) is 0 Å². The minimum atomic E-state index is 0.707. The average Bonchev–Trinajstić information content (AvgIpc) is 2.21. The van der Waals surface area contributed by atoms with Gasteiger partial charge in [-0.1, -0.05) is 31.4 Å². The Balaban J connectivity index is 1.88. The van der Waals surface area contributed by atoms with E-state index in [0.717, 1.165) is 5.92 Å². The van der Waals surface area contributed by atoms with Gasteiger partial charge in [-0.25, -0.2) is 0 Å². The molecule has 1 atom stereocenters. The fraction of sp³-hybridized carbons (Fsp3) is 0.818. The molecule has 0 bridgehead atoms. The molecule has 1 nitrogen and oxygen atoms in total. The Hall–Kier alpha value is -0.300. The third kappa shape index (κ3) is 1.89. The first kappa shape index (κ1) is 8.31. The van der Waals surface area contributed by atoms with Crippen molar-refractivity contribution in [2.75, 3.05) is 6.54 Å². The van der Waals surface area contributed by atoms with E-state index in [9.17, 15) is 0 Å². The second kappa shape index (κ2) is 4.08. The number of nitrogens with one attached hydrogen (secondary N) is 1. The van der Waals surface area contributed by atoms with Crippen LogP contribution in [-0.4, -0.2) is 12.6 Å². The highest BCUT2D eigenvalue weighted by Crippen LogP contribution is 2.27. The van der Waals surface area contributed by atoms with Gasteiger partial charge in [0.25, 0.3) is 0 Å². The largest absolute Gasteiger partial charge is 0.310 e. The zero-order chi connectivity index (χ0) is 8.23. The molecule has 1 N–H and O–H groups in total. The van der Waals surface area contributed by atoms with Gasteiger partial charge in [0, 0.05) is 6.04 Å². The molecule has 0 aromatic rings. The Kier molecular flexibility index (Phi) is 2.83. The molecule has 1 heterocycles. The van der Waals surface area contributed by atoms with E-state index in [-0.39, 0.29) is 0 Å². The minimum Gasteiger partial charge on any atom is -0.310 e. The molecule has 1 heteroatoms. The lowest BCUT2D eigenvalue weighted by Crippen LogP contribution is -2.38. The van der Waals surface area contributed by atoms with E-state index < -0.39 is 0 Å². The third-order valence-corrected chi connectivity index (χ3v) is 3.19. The topological polar surface area (TPSA) is 12.0 Å². The fourth-order valence-corrected chi connectivity index (χ4v) is 2.46. The number of rotatable bonds is 1. The lowest BCUT2D eigenvalue weighted by atomic mass is 9.83. The van der Waals surface area contributed by atoms with Crippen LogP contribution >= 0.6 is 0 Å². The molecule has 0 aromatic heterocycles. The highest BCUT2D eigenvalue weighted by Gasteiger charge is 2.21. The summed E-state index contributed by atoms with van der Waals surface area (Å²) in [5, 5.41) is 3.60. The summed E-state index contributed by atoms with van der Waals surface area (Å²) in [4.78, 5) is 0. The summed E-state index contributed by atoms with van der Waals surface area (Å²) in [6.07, 6.45) is 13.2. The Labute approximate surface area is 75.2 Å². The molecule has 0 spiro atoms. The van der Waals surface area contributed by atoms with Crippen molar-refractivity contribution in [1.82, 2.24) is 5.32 Å². The quantitative estimate of drug-likeness (QED) is 0.589. The van der Waals surface area contributed by atoms with E-state index in [1.807, 2.05) is 0 Å². The molecular formula is C11H19N. The minimum absolute atomic E-state index is 0.707. The van der Waals surface area contributed by atoms with Gasteiger partial charge in [0.05, 0.1) is 0 Å². The summed E-state index contributed by atoms with van der Waals surface area (Å²) < 4.78 is 0. The van der Waals surface area contributed by atoms with E-state index in [1.165, 1.54) is 45.1 Å². The van der Waals surface area contributed by atoms with Crippen molar-refractivity contribution in [3.05, 3.63) is 12.2 Å². The van der Waals surface area contributed by atoms with Gasteiger partial charge in [-0.3, -0.25) is 0 Å². The SMILES string of the molecule is C1=C[C@@H](C2CCCCC2)NCC1. The van der Waals surface area contributed by atoms with Gasteiger partial charge in [0.1, 0.15) is 0 Å². The molecule has 1 aliphatic carbocycles.